The van der Waals surface area contributed by atoms with Crippen molar-refractivity contribution in [1.82, 2.24) is 5.32 Å². The highest BCUT2D eigenvalue weighted by Crippen LogP contribution is 2.22. The summed E-state index contributed by atoms with van der Waals surface area (Å²) in [7, 11) is 0. The zero-order chi connectivity index (χ0) is 13.5. The third-order valence-corrected chi connectivity index (χ3v) is 2.62. The third-order valence-electron chi connectivity index (χ3n) is 2.31. The summed E-state index contributed by atoms with van der Waals surface area (Å²) in [6, 6.07) is 4.88. The molecule has 0 heterocycles. The van der Waals surface area contributed by atoms with Gasteiger partial charge in [-0.05, 0) is 25.1 Å². The highest BCUT2D eigenvalue weighted by molar-refractivity contribution is 6.33. The first-order chi connectivity index (χ1) is 8.50. The van der Waals surface area contributed by atoms with Gasteiger partial charge in [-0.2, -0.15) is 0 Å². The lowest BCUT2D eigenvalue weighted by atomic mass is 10.2. The molecule has 1 aromatic rings. The molecule has 0 bridgehead atoms. The van der Waals surface area contributed by atoms with Gasteiger partial charge in [-0.1, -0.05) is 11.6 Å². The van der Waals surface area contributed by atoms with Crippen molar-refractivity contribution in [1.29, 1.82) is 0 Å². The molecule has 1 amide bonds. The summed E-state index contributed by atoms with van der Waals surface area (Å²) >= 11 is 6.01. The standard InChI is InChI=1S/C12H18ClN3O2/c1-8(17)7-15-4-5-16-11-3-2-9(12(14)18)6-10(11)13/h2-3,6,8,15-17H,4-5,7H2,1H3,(H2,14,18). The van der Waals surface area contributed by atoms with E-state index in [0.29, 0.717) is 30.2 Å². The SMILES string of the molecule is CC(O)CNCCNc1ccc(C(N)=O)cc1Cl. The number of aliphatic hydroxyl groups excluding tert-OH is 1. The normalized spacial score (nSPS) is 12.2. The number of amides is 1. The highest BCUT2D eigenvalue weighted by Gasteiger charge is 2.05. The average molecular weight is 272 g/mol. The maximum atomic E-state index is 10.9. The summed E-state index contributed by atoms with van der Waals surface area (Å²) in [5.74, 6) is -0.498. The van der Waals surface area contributed by atoms with Crippen LogP contribution >= 0.6 is 11.6 Å². The van der Waals surface area contributed by atoms with Gasteiger partial charge in [0, 0.05) is 25.2 Å². The Morgan fingerprint density at radius 2 is 2.22 bits per heavy atom. The van der Waals surface area contributed by atoms with Gasteiger partial charge in [0.1, 0.15) is 0 Å². The molecule has 0 saturated carbocycles. The minimum absolute atomic E-state index is 0.358. The van der Waals surface area contributed by atoms with E-state index in [1.807, 2.05) is 0 Å². The quantitative estimate of drug-likeness (QED) is 0.553. The Morgan fingerprint density at radius 1 is 1.50 bits per heavy atom. The van der Waals surface area contributed by atoms with Crippen LogP contribution in [0.1, 0.15) is 17.3 Å². The van der Waals surface area contributed by atoms with Crippen LogP contribution in [-0.4, -0.2) is 36.8 Å². The highest BCUT2D eigenvalue weighted by atomic mass is 35.5. The molecule has 0 aliphatic carbocycles. The number of carbonyl (C=O) groups excluding carboxylic acids is 1. The molecular weight excluding hydrogens is 254 g/mol. The van der Waals surface area contributed by atoms with Crippen LogP contribution in [0.5, 0.6) is 0 Å². The molecule has 1 rings (SSSR count). The Morgan fingerprint density at radius 3 is 2.78 bits per heavy atom. The zero-order valence-corrected chi connectivity index (χ0v) is 11.0. The molecule has 0 fully saturated rings. The number of primary amides is 1. The molecule has 0 aliphatic rings. The second-order valence-corrected chi connectivity index (χ2v) is 4.45. The van der Waals surface area contributed by atoms with E-state index in [2.05, 4.69) is 10.6 Å². The zero-order valence-electron chi connectivity index (χ0n) is 10.2. The van der Waals surface area contributed by atoms with Gasteiger partial charge in [0.15, 0.2) is 0 Å². The molecule has 1 unspecified atom stereocenters. The lowest BCUT2D eigenvalue weighted by molar-refractivity contribution is 0.100. The number of rotatable bonds is 7. The number of nitrogens with one attached hydrogen (secondary N) is 2. The predicted octanol–water partition coefficient (Wildman–Crippen LogP) is 0.821. The summed E-state index contributed by atoms with van der Waals surface area (Å²) in [5, 5.41) is 15.7. The smallest absolute Gasteiger partial charge is 0.248 e. The number of anilines is 1. The fourth-order valence-corrected chi connectivity index (χ4v) is 1.66. The van der Waals surface area contributed by atoms with E-state index >= 15 is 0 Å². The van der Waals surface area contributed by atoms with Crippen molar-refractivity contribution in [3.05, 3.63) is 28.8 Å². The number of nitrogens with two attached hydrogens (primary N) is 1. The van der Waals surface area contributed by atoms with E-state index in [9.17, 15) is 4.79 Å². The third kappa shape index (κ3) is 4.91. The molecule has 5 nitrogen and oxygen atoms in total. The first-order valence-electron chi connectivity index (χ1n) is 5.72. The van der Waals surface area contributed by atoms with Crippen LogP contribution in [0, 0.1) is 0 Å². The van der Waals surface area contributed by atoms with Gasteiger partial charge < -0.3 is 21.5 Å². The largest absolute Gasteiger partial charge is 0.392 e. The van der Waals surface area contributed by atoms with Gasteiger partial charge in [0.2, 0.25) is 5.91 Å². The molecule has 1 atom stereocenters. The summed E-state index contributed by atoms with van der Waals surface area (Å²) in [4.78, 5) is 10.9. The molecule has 5 N–H and O–H groups in total. The van der Waals surface area contributed by atoms with Crippen molar-refractivity contribution in [3.63, 3.8) is 0 Å². The first kappa shape index (κ1) is 14.8. The molecule has 0 aromatic heterocycles. The molecule has 6 heteroatoms. The molecule has 0 radical (unpaired) electrons. The number of halogens is 1. The fraction of sp³-hybridized carbons (Fsp3) is 0.417. The molecule has 0 spiro atoms. The lowest BCUT2D eigenvalue weighted by Crippen LogP contribution is -2.29. The van der Waals surface area contributed by atoms with Crippen LogP contribution in [0.2, 0.25) is 5.02 Å². The molecule has 100 valence electrons. The number of carbonyl (C=O) groups is 1. The van der Waals surface area contributed by atoms with E-state index in [4.69, 9.17) is 22.4 Å². The van der Waals surface area contributed by atoms with Crippen LogP contribution in [0.15, 0.2) is 18.2 Å². The Kier molecular flexibility index (Phi) is 5.91. The van der Waals surface area contributed by atoms with Crippen LogP contribution in [0.25, 0.3) is 0 Å². The molecular formula is C12H18ClN3O2. The van der Waals surface area contributed by atoms with E-state index in [1.165, 1.54) is 6.07 Å². The van der Waals surface area contributed by atoms with Gasteiger partial charge in [0.05, 0.1) is 16.8 Å². The number of benzene rings is 1. The molecule has 18 heavy (non-hydrogen) atoms. The maximum absolute atomic E-state index is 10.9. The Balaban J connectivity index is 2.41. The summed E-state index contributed by atoms with van der Waals surface area (Å²) in [5.41, 5.74) is 6.29. The van der Waals surface area contributed by atoms with Crippen molar-refractivity contribution in [2.75, 3.05) is 25.0 Å². The second-order valence-electron chi connectivity index (χ2n) is 4.04. The van der Waals surface area contributed by atoms with Crippen molar-refractivity contribution in [2.45, 2.75) is 13.0 Å². The number of hydrogen-bond donors (Lipinski definition) is 4. The van der Waals surface area contributed by atoms with Crippen LogP contribution in [0.4, 0.5) is 5.69 Å². The number of aliphatic hydroxyl groups is 1. The topological polar surface area (TPSA) is 87.4 Å². The fourth-order valence-electron chi connectivity index (χ4n) is 1.41. The van der Waals surface area contributed by atoms with Crippen LogP contribution in [-0.2, 0) is 0 Å². The van der Waals surface area contributed by atoms with Crippen LogP contribution in [0.3, 0.4) is 0 Å². The first-order valence-corrected chi connectivity index (χ1v) is 6.10. The van der Waals surface area contributed by atoms with Gasteiger partial charge in [-0.3, -0.25) is 4.79 Å². The summed E-state index contributed by atoms with van der Waals surface area (Å²) in [6.45, 7) is 3.65. The van der Waals surface area contributed by atoms with Crippen molar-refractivity contribution < 1.29 is 9.90 Å². The Hall–Kier alpha value is -1.30. The molecule has 0 saturated heterocycles. The van der Waals surface area contributed by atoms with Gasteiger partial charge in [-0.25, -0.2) is 0 Å². The van der Waals surface area contributed by atoms with Crippen molar-refractivity contribution in [2.24, 2.45) is 5.73 Å². The number of hydrogen-bond acceptors (Lipinski definition) is 4. The maximum Gasteiger partial charge on any atom is 0.248 e. The van der Waals surface area contributed by atoms with Gasteiger partial charge in [-0.15, -0.1) is 0 Å². The minimum atomic E-state index is -0.498. The predicted molar refractivity (Wildman–Crippen MR) is 73.0 cm³/mol. The van der Waals surface area contributed by atoms with Crippen molar-refractivity contribution >= 4 is 23.2 Å². The van der Waals surface area contributed by atoms with Gasteiger partial charge >= 0.3 is 0 Å². The van der Waals surface area contributed by atoms with E-state index in [-0.39, 0.29) is 6.10 Å². The summed E-state index contributed by atoms with van der Waals surface area (Å²) < 4.78 is 0. The van der Waals surface area contributed by atoms with Crippen molar-refractivity contribution in [3.8, 4) is 0 Å². The second kappa shape index (κ2) is 7.20. The average Bonchev–Trinajstić information content (AvgIpc) is 2.29. The summed E-state index contributed by atoms with van der Waals surface area (Å²) in [6.07, 6.45) is -0.358. The lowest BCUT2D eigenvalue weighted by Gasteiger charge is -2.10. The van der Waals surface area contributed by atoms with Gasteiger partial charge in [0.25, 0.3) is 0 Å². The van der Waals surface area contributed by atoms with Crippen LogP contribution < -0.4 is 16.4 Å². The molecule has 0 aliphatic heterocycles. The monoisotopic (exact) mass is 271 g/mol. The van der Waals surface area contributed by atoms with E-state index in [1.54, 1.807) is 19.1 Å². The van der Waals surface area contributed by atoms with E-state index < -0.39 is 5.91 Å². The molecule has 1 aromatic carbocycles. The van der Waals surface area contributed by atoms with E-state index in [0.717, 1.165) is 5.69 Å². The Labute approximate surface area is 111 Å². The Bertz CT molecular complexity index is 410. The minimum Gasteiger partial charge on any atom is -0.392 e.